The highest BCUT2D eigenvalue weighted by Crippen LogP contribution is 2.42. The number of carbonyl (C=O) groups excluding carboxylic acids is 2. The molecule has 2 unspecified atom stereocenters. The van der Waals surface area contributed by atoms with Crippen LogP contribution < -0.4 is 10.1 Å². The van der Waals surface area contributed by atoms with Crippen LogP contribution in [0.25, 0.3) is 0 Å². The molecule has 1 aliphatic rings. The van der Waals surface area contributed by atoms with Crippen molar-refractivity contribution in [1.29, 1.82) is 10.5 Å². The Morgan fingerprint density at radius 2 is 2.04 bits per heavy atom. The maximum Gasteiger partial charge on any atom is 0.316 e. The standard InChI is InChI=1S/C20H21N3O4S/c1-3-9-27-17(24)12-28-20-15(11-22)18(14(10-21)19(25)23-20)13-7-5-6-8-16(13)26-4-2/h5-8,14,18H,3-4,9,12H2,1-2H3,(H,23,25). The fraction of sp³-hybridized carbons (Fsp3) is 0.400. The van der Waals surface area contributed by atoms with Gasteiger partial charge in [-0.05, 0) is 19.4 Å². The lowest BCUT2D eigenvalue weighted by molar-refractivity contribution is -0.140. The minimum Gasteiger partial charge on any atom is -0.494 e. The van der Waals surface area contributed by atoms with Crippen LogP contribution in [0.4, 0.5) is 0 Å². The van der Waals surface area contributed by atoms with Crippen LogP contribution in [0, 0.1) is 28.6 Å². The van der Waals surface area contributed by atoms with Gasteiger partial charge in [0.15, 0.2) is 0 Å². The van der Waals surface area contributed by atoms with E-state index < -0.39 is 23.7 Å². The topological polar surface area (TPSA) is 112 Å². The van der Waals surface area contributed by atoms with Crippen LogP contribution in [-0.4, -0.2) is 30.8 Å². The number of nitrogens with one attached hydrogen (secondary N) is 1. The Kier molecular flexibility index (Phi) is 7.91. The van der Waals surface area contributed by atoms with E-state index in [4.69, 9.17) is 9.47 Å². The van der Waals surface area contributed by atoms with E-state index in [1.165, 1.54) is 0 Å². The van der Waals surface area contributed by atoms with Gasteiger partial charge in [-0.3, -0.25) is 9.59 Å². The summed E-state index contributed by atoms with van der Waals surface area (Å²) >= 11 is 1.02. The highest BCUT2D eigenvalue weighted by molar-refractivity contribution is 8.03. The van der Waals surface area contributed by atoms with Gasteiger partial charge in [0.1, 0.15) is 11.7 Å². The lowest BCUT2D eigenvalue weighted by Gasteiger charge is -2.29. The van der Waals surface area contributed by atoms with Crippen molar-refractivity contribution in [2.45, 2.75) is 26.2 Å². The van der Waals surface area contributed by atoms with Crippen LogP contribution in [0.2, 0.25) is 0 Å². The lowest BCUT2D eigenvalue weighted by atomic mass is 9.79. The molecule has 0 bridgehead atoms. The van der Waals surface area contributed by atoms with Crippen molar-refractivity contribution in [3.05, 3.63) is 40.4 Å². The third-order valence-corrected chi connectivity index (χ3v) is 5.01. The number of thioether (sulfide) groups is 1. The molecular weight excluding hydrogens is 378 g/mol. The molecule has 0 saturated heterocycles. The molecule has 7 nitrogen and oxygen atoms in total. The average Bonchev–Trinajstić information content (AvgIpc) is 2.70. The molecule has 2 rings (SSSR count). The Balaban J connectivity index is 2.43. The van der Waals surface area contributed by atoms with E-state index >= 15 is 0 Å². The molecule has 1 aliphatic heterocycles. The third-order valence-electron chi connectivity index (χ3n) is 4.02. The molecule has 0 radical (unpaired) electrons. The summed E-state index contributed by atoms with van der Waals surface area (Å²) in [5.74, 6) is -2.32. The first-order valence-corrected chi connectivity index (χ1v) is 9.90. The van der Waals surface area contributed by atoms with Crippen molar-refractivity contribution in [3.63, 3.8) is 0 Å². The molecule has 0 saturated carbocycles. The lowest BCUT2D eigenvalue weighted by Crippen LogP contribution is -2.39. The van der Waals surface area contributed by atoms with Gasteiger partial charge < -0.3 is 14.8 Å². The SMILES string of the molecule is CCCOC(=O)CSC1=C(C#N)C(c2ccccc2OCC)C(C#N)C(=O)N1. The van der Waals surface area contributed by atoms with Crippen LogP contribution in [0.5, 0.6) is 5.75 Å². The Morgan fingerprint density at radius 1 is 1.29 bits per heavy atom. The predicted octanol–water partition coefficient (Wildman–Crippen LogP) is 2.86. The molecule has 1 N–H and O–H groups in total. The highest BCUT2D eigenvalue weighted by Gasteiger charge is 2.40. The molecule has 146 valence electrons. The Labute approximate surface area is 168 Å². The van der Waals surface area contributed by atoms with Crippen molar-refractivity contribution in [2.75, 3.05) is 19.0 Å². The Bertz CT molecular complexity index is 854. The minimum absolute atomic E-state index is 0.0438. The zero-order valence-corrected chi connectivity index (χ0v) is 16.5. The maximum absolute atomic E-state index is 12.5. The molecule has 2 atom stereocenters. The monoisotopic (exact) mass is 399 g/mol. The molecule has 0 spiro atoms. The number of nitriles is 2. The quantitative estimate of drug-likeness (QED) is 0.669. The van der Waals surface area contributed by atoms with E-state index in [0.29, 0.717) is 30.9 Å². The van der Waals surface area contributed by atoms with Gasteiger partial charge in [-0.2, -0.15) is 10.5 Å². The number of para-hydroxylation sites is 1. The van der Waals surface area contributed by atoms with Gasteiger partial charge in [-0.25, -0.2) is 0 Å². The molecular formula is C20H21N3O4S. The molecule has 1 aromatic rings. The number of hydrogen-bond donors (Lipinski definition) is 1. The van der Waals surface area contributed by atoms with Crippen molar-refractivity contribution in [3.8, 4) is 17.9 Å². The second-order valence-corrected chi connectivity index (χ2v) is 6.89. The number of hydrogen-bond acceptors (Lipinski definition) is 7. The van der Waals surface area contributed by atoms with E-state index in [0.717, 1.165) is 11.8 Å². The van der Waals surface area contributed by atoms with Gasteiger partial charge in [-0.1, -0.05) is 36.9 Å². The van der Waals surface area contributed by atoms with Crippen LogP contribution in [0.1, 0.15) is 31.7 Å². The average molecular weight is 399 g/mol. The summed E-state index contributed by atoms with van der Waals surface area (Å²) in [7, 11) is 0. The Morgan fingerprint density at radius 3 is 2.68 bits per heavy atom. The van der Waals surface area contributed by atoms with Crippen LogP contribution in [0.3, 0.4) is 0 Å². The number of benzene rings is 1. The number of amides is 1. The van der Waals surface area contributed by atoms with Crippen molar-refractivity contribution in [1.82, 2.24) is 5.32 Å². The van der Waals surface area contributed by atoms with Crippen molar-refractivity contribution >= 4 is 23.6 Å². The highest BCUT2D eigenvalue weighted by atomic mass is 32.2. The zero-order valence-electron chi connectivity index (χ0n) is 15.7. The van der Waals surface area contributed by atoms with Gasteiger partial charge in [0, 0.05) is 5.56 Å². The van der Waals surface area contributed by atoms with E-state index in [1.807, 2.05) is 19.9 Å². The summed E-state index contributed by atoms with van der Waals surface area (Å²) in [6, 6.07) is 11.1. The summed E-state index contributed by atoms with van der Waals surface area (Å²) in [6.07, 6.45) is 0.708. The van der Waals surface area contributed by atoms with Crippen molar-refractivity contribution in [2.24, 2.45) is 5.92 Å². The Hall–Kier alpha value is -2.97. The van der Waals surface area contributed by atoms with Crippen LogP contribution in [0.15, 0.2) is 34.9 Å². The minimum atomic E-state index is -1.08. The zero-order chi connectivity index (χ0) is 20.5. The molecule has 1 heterocycles. The van der Waals surface area contributed by atoms with E-state index in [2.05, 4.69) is 11.4 Å². The first-order valence-electron chi connectivity index (χ1n) is 8.92. The molecule has 8 heteroatoms. The number of nitrogens with zero attached hydrogens (tertiary/aromatic N) is 2. The van der Waals surface area contributed by atoms with Crippen LogP contribution in [-0.2, 0) is 14.3 Å². The largest absolute Gasteiger partial charge is 0.494 e. The van der Waals surface area contributed by atoms with Gasteiger partial charge in [0.25, 0.3) is 0 Å². The second-order valence-electron chi connectivity index (χ2n) is 5.91. The summed E-state index contributed by atoms with van der Waals surface area (Å²) in [4.78, 5) is 24.3. The molecule has 1 amide bonds. The van der Waals surface area contributed by atoms with Gasteiger partial charge in [-0.15, -0.1) is 0 Å². The maximum atomic E-state index is 12.5. The number of ether oxygens (including phenoxy) is 2. The fourth-order valence-electron chi connectivity index (χ4n) is 2.83. The summed E-state index contributed by atoms with van der Waals surface area (Å²) in [5, 5.41) is 22.2. The molecule has 0 aromatic heterocycles. The second kappa shape index (κ2) is 10.4. The molecule has 1 aromatic carbocycles. The van der Waals surface area contributed by atoms with E-state index in [-0.39, 0.29) is 16.4 Å². The smallest absolute Gasteiger partial charge is 0.316 e. The number of rotatable bonds is 8. The van der Waals surface area contributed by atoms with Gasteiger partial charge >= 0.3 is 5.97 Å². The first-order chi connectivity index (χ1) is 13.6. The van der Waals surface area contributed by atoms with Crippen molar-refractivity contribution < 1.29 is 19.1 Å². The van der Waals surface area contributed by atoms with Crippen LogP contribution >= 0.6 is 11.8 Å². The number of esters is 1. The first kappa shape index (κ1) is 21.3. The van der Waals surface area contributed by atoms with E-state index in [1.54, 1.807) is 24.3 Å². The fourth-order valence-corrected chi connectivity index (χ4v) is 3.68. The summed E-state index contributed by atoms with van der Waals surface area (Å²) in [5.41, 5.74) is 0.820. The van der Waals surface area contributed by atoms with E-state index in [9.17, 15) is 20.1 Å². The number of carbonyl (C=O) groups is 2. The normalized spacial score (nSPS) is 18.6. The summed E-state index contributed by atoms with van der Waals surface area (Å²) < 4.78 is 10.7. The molecule has 28 heavy (non-hydrogen) atoms. The summed E-state index contributed by atoms with van der Waals surface area (Å²) in [6.45, 7) is 4.44. The molecule has 0 fully saturated rings. The number of allylic oxidation sites excluding steroid dienone is 1. The molecule has 0 aliphatic carbocycles. The third kappa shape index (κ3) is 4.85. The van der Waals surface area contributed by atoms with Gasteiger partial charge in [0.05, 0.1) is 47.6 Å². The van der Waals surface area contributed by atoms with Gasteiger partial charge in [0.2, 0.25) is 5.91 Å². The predicted molar refractivity (Wildman–Crippen MR) is 104 cm³/mol.